The van der Waals surface area contributed by atoms with Gasteiger partial charge in [-0.05, 0) is 57.2 Å². The lowest BCUT2D eigenvalue weighted by Crippen LogP contribution is -2.48. The molecular formula is C22H31N3O. The van der Waals surface area contributed by atoms with Crippen LogP contribution in [0.25, 0.3) is 10.9 Å². The van der Waals surface area contributed by atoms with Gasteiger partial charge in [-0.3, -0.25) is 4.90 Å². The van der Waals surface area contributed by atoms with Crippen LogP contribution in [0.4, 0.5) is 5.82 Å². The van der Waals surface area contributed by atoms with Gasteiger partial charge in [-0.1, -0.05) is 18.2 Å². The van der Waals surface area contributed by atoms with Crippen molar-refractivity contribution in [2.24, 2.45) is 5.92 Å². The Labute approximate surface area is 157 Å². The number of aromatic nitrogens is 1. The van der Waals surface area contributed by atoms with Crippen LogP contribution in [0.3, 0.4) is 0 Å². The molecule has 1 aromatic carbocycles. The Kier molecular flexibility index (Phi) is 5.14. The molecule has 2 atom stereocenters. The minimum Gasteiger partial charge on any atom is -0.373 e. The maximum absolute atomic E-state index is 5.87. The zero-order chi connectivity index (χ0) is 18.1. The van der Waals surface area contributed by atoms with E-state index in [1.54, 1.807) is 0 Å². The summed E-state index contributed by atoms with van der Waals surface area (Å²) in [5.74, 6) is 1.97. The molecule has 4 heteroatoms. The molecule has 2 aliphatic rings. The molecule has 26 heavy (non-hydrogen) atoms. The Morgan fingerprint density at radius 3 is 2.50 bits per heavy atom. The summed E-state index contributed by atoms with van der Waals surface area (Å²) in [7, 11) is 0. The summed E-state index contributed by atoms with van der Waals surface area (Å²) in [6.45, 7) is 12.2. The standard InChI is InChI=1S/C22H31N3O/c1-16-12-20-6-4-5-7-21(20)23-22(16)25-10-8-19(9-11-25)15-24-13-17(2)26-18(3)14-24/h4-7,12,17-19H,8-11,13-15H2,1-3H3. The predicted octanol–water partition coefficient (Wildman–Crippen LogP) is 3.87. The number of aryl methyl sites for hydroxylation is 1. The second-order valence-corrected chi connectivity index (χ2v) is 8.23. The van der Waals surface area contributed by atoms with Crippen LogP contribution in [-0.4, -0.2) is 54.8 Å². The summed E-state index contributed by atoms with van der Waals surface area (Å²) >= 11 is 0. The van der Waals surface area contributed by atoms with Crippen LogP contribution in [0, 0.1) is 12.8 Å². The lowest BCUT2D eigenvalue weighted by molar-refractivity contribution is -0.0720. The molecule has 2 aliphatic heterocycles. The highest BCUT2D eigenvalue weighted by atomic mass is 16.5. The first kappa shape index (κ1) is 17.7. The number of pyridine rings is 1. The number of hydrogen-bond acceptors (Lipinski definition) is 4. The summed E-state index contributed by atoms with van der Waals surface area (Å²) in [5, 5.41) is 1.24. The summed E-state index contributed by atoms with van der Waals surface area (Å²) < 4.78 is 5.87. The fourth-order valence-corrected chi connectivity index (χ4v) is 4.66. The Morgan fingerprint density at radius 1 is 1.08 bits per heavy atom. The molecule has 2 saturated heterocycles. The third-order valence-electron chi connectivity index (χ3n) is 5.81. The molecule has 0 radical (unpaired) electrons. The number of ether oxygens (including phenoxy) is 1. The van der Waals surface area contributed by atoms with Gasteiger partial charge < -0.3 is 9.64 Å². The molecule has 0 saturated carbocycles. The number of anilines is 1. The van der Waals surface area contributed by atoms with E-state index in [2.05, 4.69) is 60.9 Å². The SMILES string of the molecule is Cc1cc2ccccc2nc1N1CCC(CN2CC(C)OC(C)C2)CC1. The molecule has 0 N–H and O–H groups in total. The normalized spacial score (nSPS) is 25.7. The molecule has 1 aromatic heterocycles. The van der Waals surface area contributed by atoms with Gasteiger partial charge in [0, 0.05) is 38.1 Å². The van der Waals surface area contributed by atoms with Gasteiger partial charge in [0.2, 0.25) is 0 Å². The van der Waals surface area contributed by atoms with Gasteiger partial charge in [0.05, 0.1) is 17.7 Å². The number of benzene rings is 1. The number of hydrogen-bond donors (Lipinski definition) is 0. The van der Waals surface area contributed by atoms with Gasteiger partial charge in [0.25, 0.3) is 0 Å². The molecular weight excluding hydrogens is 322 g/mol. The van der Waals surface area contributed by atoms with Crippen LogP contribution >= 0.6 is 0 Å². The Hall–Kier alpha value is -1.65. The van der Waals surface area contributed by atoms with Crippen molar-refractivity contribution in [3.05, 3.63) is 35.9 Å². The molecule has 0 bridgehead atoms. The van der Waals surface area contributed by atoms with Gasteiger partial charge in [-0.25, -0.2) is 4.98 Å². The van der Waals surface area contributed by atoms with Crippen molar-refractivity contribution in [1.82, 2.24) is 9.88 Å². The van der Waals surface area contributed by atoms with Crippen molar-refractivity contribution >= 4 is 16.7 Å². The average molecular weight is 354 g/mol. The van der Waals surface area contributed by atoms with Crippen LogP contribution < -0.4 is 4.90 Å². The molecule has 4 rings (SSSR count). The maximum Gasteiger partial charge on any atom is 0.132 e. The highest BCUT2D eigenvalue weighted by Crippen LogP contribution is 2.28. The second-order valence-electron chi connectivity index (χ2n) is 8.23. The topological polar surface area (TPSA) is 28.6 Å². The highest BCUT2D eigenvalue weighted by Gasteiger charge is 2.27. The smallest absolute Gasteiger partial charge is 0.132 e. The van der Waals surface area contributed by atoms with Crippen LogP contribution in [-0.2, 0) is 4.74 Å². The van der Waals surface area contributed by atoms with E-state index in [0.29, 0.717) is 12.2 Å². The monoisotopic (exact) mass is 353 g/mol. The van der Waals surface area contributed by atoms with E-state index in [-0.39, 0.29) is 0 Å². The van der Waals surface area contributed by atoms with Crippen LogP contribution in [0.15, 0.2) is 30.3 Å². The number of fused-ring (bicyclic) bond motifs is 1. The molecule has 0 amide bonds. The first-order valence-corrected chi connectivity index (χ1v) is 10.1. The summed E-state index contributed by atoms with van der Waals surface area (Å²) in [5.41, 5.74) is 2.39. The average Bonchev–Trinajstić information content (AvgIpc) is 2.61. The largest absolute Gasteiger partial charge is 0.373 e. The minimum absolute atomic E-state index is 0.364. The van der Waals surface area contributed by atoms with Crippen LogP contribution in [0.5, 0.6) is 0 Å². The number of piperidine rings is 1. The van der Waals surface area contributed by atoms with Crippen molar-refractivity contribution in [2.45, 2.75) is 45.8 Å². The molecule has 0 aliphatic carbocycles. The molecule has 2 unspecified atom stereocenters. The minimum atomic E-state index is 0.364. The number of morpholine rings is 1. The molecule has 4 nitrogen and oxygen atoms in total. The van der Waals surface area contributed by atoms with Gasteiger partial charge in [0.1, 0.15) is 5.82 Å². The lowest BCUT2D eigenvalue weighted by Gasteiger charge is -2.40. The zero-order valence-electron chi connectivity index (χ0n) is 16.3. The van der Waals surface area contributed by atoms with Gasteiger partial charge in [-0.2, -0.15) is 0 Å². The fraction of sp³-hybridized carbons (Fsp3) is 0.591. The molecule has 0 spiro atoms. The third-order valence-corrected chi connectivity index (χ3v) is 5.81. The van der Waals surface area contributed by atoms with E-state index >= 15 is 0 Å². The van der Waals surface area contributed by atoms with Crippen molar-refractivity contribution in [3.8, 4) is 0 Å². The molecule has 140 valence electrons. The highest BCUT2D eigenvalue weighted by molar-refractivity contribution is 5.81. The van der Waals surface area contributed by atoms with Crippen molar-refractivity contribution in [3.63, 3.8) is 0 Å². The summed E-state index contributed by atoms with van der Waals surface area (Å²) in [6, 6.07) is 10.7. The second kappa shape index (κ2) is 7.53. The number of para-hydroxylation sites is 1. The van der Waals surface area contributed by atoms with E-state index in [4.69, 9.17) is 9.72 Å². The summed E-state index contributed by atoms with van der Waals surface area (Å²) in [6.07, 6.45) is 3.24. The number of nitrogens with zero attached hydrogens (tertiary/aromatic N) is 3. The quantitative estimate of drug-likeness (QED) is 0.837. The predicted molar refractivity (Wildman–Crippen MR) is 108 cm³/mol. The van der Waals surface area contributed by atoms with E-state index in [1.165, 1.54) is 36.2 Å². The van der Waals surface area contributed by atoms with Gasteiger partial charge in [0.15, 0.2) is 0 Å². The Morgan fingerprint density at radius 2 is 1.77 bits per heavy atom. The van der Waals surface area contributed by atoms with Gasteiger partial charge >= 0.3 is 0 Å². The van der Waals surface area contributed by atoms with E-state index in [1.807, 2.05) is 0 Å². The molecule has 3 heterocycles. The third kappa shape index (κ3) is 3.86. The van der Waals surface area contributed by atoms with Crippen molar-refractivity contribution < 1.29 is 4.74 Å². The van der Waals surface area contributed by atoms with E-state index in [9.17, 15) is 0 Å². The first-order chi connectivity index (χ1) is 12.6. The van der Waals surface area contributed by atoms with E-state index in [0.717, 1.165) is 37.6 Å². The number of rotatable bonds is 3. The van der Waals surface area contributed by atoms with Crippen LogP contribution in [0.2, 0.25) is 0 Å². The fourth-order valence-electron chi connectivity index (χ4n) is 4.66. The maximum atomic E-state index is 5.87. The van der Waals surface area contributed by atoms with Crippen molar-refractivity contribution in [1.29, 1.82) is 0 Å². The van der Waals surface area contributed by atoms with Crippen LogP contribution in [0.1, 0.15) is 32.3 Å². The van der Waals surface area contributed by atoms with Crippen molar-refractivity contribution in [2.75, 3.05) is 37.6 Å². The Balaban J connectivity index is 1.38. The molecule has 2 fully saturated rings. The molecule has 2 aromatic rings. The van der Waals surface area contributed by atoms with E-state index < -0.39 is 0 Å². The first-order valence-electron chi connectivity index (χ1n) is 10.1. The Bertz CT molecular complexity index is 744. The summed E-state index contributed by atoms with van der Waals surface area (Å²) in [4.78, 5) is 10.1. The lowest BCUT2D eigenvalue weighted by atomic mass is 9.95. The van der Waals surface area contributed by atoms with Gasteiger partial charge in [-0.15, -0.1) is 0 Å². The zero-order valence-corrected chi connectivity index (χ0v) is 16.3.